The smallest absolute Gasteiger partial charge is 0.263 e. The summed E-state index contributed by atoms with van der Waals surface area (Å²) >= 11 is 0. The number of fused-ring (bicyclic) bond motifs is 1. The lowest BCUT2D eigenvalue weighted by atomic mass is 10.1. The highest BCUT2D eigenvalue weighted by atomic mass is 16.2. The van der Waals surface area contributed by atoms with Gasteiger partial charge in [-0.05, 0) is 23.8 Å². The fourth-order valence-electron chi connectivity index (χ4n) is 3.82. The van der Waals surface area contributed by atoms with Crippen LogP contribution in [0.25, 0.3) is 0 Å². The first-order valence-corrected chi connectivity index (χ1v) is 9.51. The van der Waals surface area contributed by atoms with Crippen LogP contribution in [-0.2, 0) is 11.3 Å². The van der Waals surface area contributed by atoms with Gasteiger partial charge in [-0.3, -0.25) is 24.3 Å². The van der Waals surface area contributed by atoms with Crippen LogP contribution < -0.4 is 4.90 Å². The first-order valence-electron chi connectivity index (χ1n) is 9.51. The summed E-state index contributed by atoms with van der Waals surface area (Å²) in [4.78, 5) is 47.1. The van der Waals surface area contributed by atoms with E-state index in [-0.39, 0.29) is 24.3 Å². The number of piperazine rings is 1. The molecular formula is C21H22N4O3. The molecule has 0 N–H and O–H groups in total. The van der Waals surface area contributed by atoms with Gasteiger partial charge in [0.25, 0.3) is 11.8 Å². The number of hydrogen-bond donors (Lipinski definition) is 0. The third-order valence-corrected chi connectivity index (χ3v) is 5.32. The van der Waals surface area contributed by atoms with Crippen molar-refractivity contribution in [2.75, 3.05) is 31.1 Å². The third kappa shape index (κ3) is 3.13. The van der Waals surface area contributed by atoms with Crippen LogP contribution in [0, 0.1) is 0 Å². The van der Waals surface area contributed by atoms with E-state index in [1.165, 1.54) is 4.90 Å². The molecule has 2 aliphatic rings. The monoisotopic (exact) mass is 378 g/mol. The van der Waals surface area contributed by atoms with Crippen LogP contribution in [0.1, 0.15) is 39.6 Å². The second-order valence-electron chi connectivity index (χ2n) is 6.98. The van der Waals surface area contributed by atoms with Crippen molar-refractivity contribution in [3.05, 3.63) is 59.4 Å². The Balaban J connectivity index is 1.57. The largest absolute Gasteiger partial charge is 0.367 e. The van der Waals surface area contributed by atoms with Crippen molar-refractivity contribution in [1.82, 2.24) is 14.8 Å². The molecule has 3 heterocycles. The summed E-state index contributed by atoms with van der Waals surface area (Å²) < 4.78 is 0. The molecule has 0 radical (unpaired) electrons. The van der Waals surface area contributed by atoms with Crippen LogP contribution in [0.3, 0.4) is 0 Å². The van der Waals surface area contributed by atoms with Gasteiger partial charge in [0.05, 0.1) is 23.4 Å². The molecule has 28 heavy (non-hydrogen) atoms. The summed E-state index contributed by atoms with van der Waals surface area (Å²) in [5, 5.41) is 0. The van der Waals surface area contributed by atoms with Crippen LogP contribution in [0.2, 0.25) is 0 Å². The van der Waals surface area contributed by atoms with Crippen LogP contribution in [0.5, 0.6) is 0 Å². The highest BCUT2D eigenvalue weighted by molar-refractivity contribution is 6.23. The Kier molecular flexibility index (Phi) is 4.81. The number of hydrogen-bond acceptors (Lipinski definition) is 5. The fourth-order valence-corrected chi connectivity index (χ4v) is 3.82. The van der Waals surface area contributed by atoms with E-state index in [1.54, 1.807) is 24.5 Å². The summed E-state index contributed by atoms with van der Waals surface area (Å²) in [5.74, 6) is -0.399. The normalized spacial score (nSPS) is 16.5. The molecule has 0 spiro atoms. The van der Waals surface area contributed by atoms with Crippen molar-refractivity contribution in [1.29, 1.82) is 0 Å². The molecule has 1 saturated heterocycles. The standard InChI is InChI=1S/C21H22N4O3/c1-2-18(26)24-11-9-23(10-12-24)17-7-3-6-16-19(17)21(28)25(20(16)27)14-15-5-4-8-22-13-15/h3-8,13H,2,9-12,14H2,1H3. The van der Waals surface area contributed by atoms with Crippen LogP contribution in [0.4, 0.5) is 5.69 Å². The van der Waals surface area contributed by atoms with Gasteiger partial charge in [-0.2, -0.15) is 0 Å². The first-order chi connectivity index (χ1) is 13.6. The molecule has 1 aromatic heterocycles. The number of aromatic nitrogens is 1. The van der Waals surface area contributed by atoms with Gasteiger partial charge in [-0.25, -0.2) is 0 Å². The Bertz CT molecular complexity index is 921. The Morgan fingerprint density at radius 1 is 1.04 bits per heavy atom. The maximum absolute atomic E-state index is 13.1. The van der Waals surface area contributed by atoms with Gasteiger partial charge in [0.1, 0.15) is 0 Å². The molecule has 1 aromatic carbocycles. The van der Waals surface area contributed by atoms with Gasteiger partial charge in [0.2, 0.25) is 5.91 Å². The summed E-state index contributed by atoms with van der Waals surface area (Å²) in [6.07, 6.45) is 3.82. The van der Waals surface area contributed by atoms with E-state index in [4.69, 9.17) is 0 Å². The summed E-state index contributed by atoms with van der Waals surface area (Å²) in [6, 6.07) is 9.04. The number of benzene rings is 1. The molecule has 0 unspecified atom stereocenters. The van der Waals surface area contributed by atoms with E-state index in [2.05, 4.69) is 9.88 Å². The zero-order valence-corrected chi connectivity index (χ0v) is 15.8. The molecule has 7 heteroatoms. The molecule has 0 aliphatic carbocycles. The summed E-state index contributed by atoms with van der Waals surface area (Å²) in [5.41, 5.74) is 2.49. The number of pyridine rings is 1. The molecule has 0 saturated carbocycles. The van der Waals surface area contributed by atoms with Crippen molar-refractivity contribution in [3.63, 3.8) is 0 Å². The van der Waals surface area contributed by atoms with Crippen molar-refractivity contribution < 1.29 is 14.4 Å². The zero-order chi connectivity index (χ0) is 19.7. The minimum Gasteiger partial charge on any atom is -0.367 e. The van der Waals surface area contributed by atoms with Gasteiger partial charge < -0.3 is 9.80 Å². The van der Waals surface area contributed by atoms with E-state index in [0.29, 0.717) is 43.7 Å². The van der Waals surface area contributed by atoms with Gasteiger partial charge in [-0.15, -0.1) is 0 Å². The number of nitrogens with zero attached hydrogens (tertiary/aromatic N) is 4. The predicted octanol–water partition coefficient (Wildman–Crippen LogP) is 1.94. The molecule has 2 aliphatic heterocycles. The minimum atomic E-state index is -0.273. The molecule has 4 rings (SSSR count). The highest BCUT2D eigenvalue weighted by Gasteiger charge is 2.38. The maximum atomic E-state index is 13.1. The van der Waals surface area contributed by atoms with E-state index < -0.39 is 0 Å². The average Bonchev–Trinajstić information content (AvgIpc) is 2.99. The zero-order valence-electron chi connectivity index (χ0n) is 15.8. The van der Waals surface area contributed by atoms with Gasteiger partial charge in [-0.1, -0.05) is 19.1 Å². The Hall–Kier alpha value is -3.22. The number of anilines is 1. The molecule has 0 atom stereocenters. The van der Waals surface area contributed by atoms with Crippen molar-refractivity contribution in [2.45, 2.75) is 19.9 Å². The van der Waals surface area contributed by atoms with Crippen LogP contribution in [-0.4, -0.2) is 58.7 Å². The molecule has 0 bridgehead atoms. The molecule has 3 amide bonds. The second-order valence-corrected chi connectivity index (χ2v) is 6.98. The Morgan fingerprint density at radius 2 is 1.82 bits per heavy atom. The van der Waals surface area contributed by atoms with Crippen LogP contribution in [0.15, 0.2) is 42.7 Å². The minimum absolute atomic E-state index is 0.145. The highest BCUT2D eigenvalue weighted by Crippen LogP contribution is 2.33. The van der Waals surface area contributed by atoms with Crippen molar-refractivity contribution >= 4 is 23.4 Å². The van der Waals surface area contributed by atoms with Crippen molar-refractivity contribution in [2.24, 2.45) is 0 Å². The molecule has 2 aromatic rings. The predicted molar refractivity (Wildman–Crippen MR) is 104 cm³/mol. The lowest BCUT2D eigenvalue weighted by Gasteiger charge is -2.36. The topological polar surface area (TPSA) is 73.8 Å². The second kappa shape index (κ2) is 7.42. The number of rotatable bonds is 4. The first kappa shape index (κ1) is 18.2. The fraction of sp³-hybridized carbons (Fsp3) is 0.333. The van der Waals surface area contributed by atoms with Gasteiger partial charge in [0, 0.05) is 45.0 Å². The number of imide groups is 1. The number of amides is 3. The van der Waals surface area contributed by atoms with Gasteiger partial charge >= 0.3 is 0 Å². The number of carbonyl (C=O) groups excluding carboxylic acids is 3. The Morgan fingerprint density at radius 3 is 2.50 bits per heavy atom. The molecule has 144 valence electrons. The summed E-state index contributed by atoms with van der Waals surface area (Å²) in [7, 11) is 0. The lowest BCUT2D eigenvalue weighted by Crippen LogP contribution is -2.49. The lowest BCUT2D eigenvalue weighted by molar-refractivity contribution is -0.131. The quantitative estimate of drug-likeness (QED) is 0.760. The SMILES string of the molecule is CCC(=O)N1CCN(c2cccc3c2C(=O)N(Cc2cccnc2)C3=O)CC1. The average molecular weight is 378 g/mol. The molecule has 7 nitrogen and oxygen atoms in total. The van der Waals surface area contributed by atoms with Gasteiger partial charge in [0.15, 0.2) is 0 Å². The van der Waals surface area contributed by atoms with E-state index in [9.17, 15) is 14.4 Å². The molecular weight excluding hydrogens is 356 g/mol. The van der Waals surface area contributed by atoms with E-state index in [1.807, 2.05) is 30.0 Å². The maximum Gasteiger partial charge on any atom is 0.263 e. The molecule has 1 fully saturated rings. The Labute approximate surface area is 163 Å². The van der Waals surface area contributed by atoms with Crippen molar-refractivity contribution in [3.8, 4) is 0 Å². The summed E-state index contributed by atoms with van der Waals surface area (Å²) in [6.45, 7) is 4.60. The number of carbonyl (C=O) groups is 3. The van der Waals surface area contributed by atoms with E-state index >= 15 is 0 Å². The van der Waals surface area contributed by atoms with E-state index in [0.717, 1.165) is 11.3 Å². The third-order valence-electron chi connectivity index (χ3n) is 5.32. The van der Waals surface area contributed by atoms with Crippen LogP contribution >= 0.6 is 0 Å².